The first-order valence-corrected chi connectivity index (χ1v) is 4.56. The summed E-state index contributed by atoms with van der Waals surface area (Å²) in [5.41, 5.74) is -1.22. The maximum Gasteiger partial charge on any atom is 0.326 e. The number of carbonyl (C=O) groups is 2. The Hall–Kier alpha value is -1.90. The van der Waals surface area contributed by atoms with Crippen molar-refractivity contribution in [2.24, 2.45) is 4.99 Å². The molecule has 6 nitrogen and oxygen atoms in total. The lowest BCUT2D eigenvalue weighted by Gasteiger charge is -2.27. The Morgan fingerprint density at radius 1 is 1.67 bits per heavy atom. The van der Waals surface area contributed by atoms with E-state index in [4.69, 9.17) is 5.26 Å². The van der Waals surface area contributed by atoms with Gasteiger partial charge in [0.2, 0.25) is 5.71 Å². The molecule has 6 heteroatoms. The minimum atomic E-state index is -0.985. The number of carbonyl (C=O) groups excluding carboxylic acids is 2. The van der Waals surface area contributed by atoms with E-state index in [0.717, 1.165) is 4.90 Å². The van der Waals surface area contributed by atoms with Crippen LogP contribution in [0.2, 0.25) is 0 Å². The maximum absolute atomic E-state index is 11.6. The molecule has 80 valence electrons. The first kappa shape index (κ1) is 11.2. The summed E-state index contributed by atoms with van der Waals surface area (Å²) in [6.07, 6.45) is 0. The monoisotopic (exact) mass is 208 g/mol. The van der Waals surface area contributed by atoms with Crippen LogP contribution in [0.15, 0.2) is 4.99 Å². The molecular weight excluding hydrogens is 196 g/mol. The SMILES string of the molecule is CCNC(=O)N1C(=O)C(C#N)=NC1(C)C. The third-order valence-corrected chi connectivity index (χ3v) is 1.98. The molecule has 0 saturated heterocycles. The molecule has 0 atom stereocenters. The van der Waals surface area contributed by atoms with Crippen LogP contribution in [0, 0.1) is 11.3 Å². The van der Waals surface area contributed by atoms with Gasteiger partial charge in [0.15, 0.2) is 0 Å². The summed E-state index contributed by atoms with van der Waals surface area (Å²) in [6, 6.07) is 1.15. The summed E-state index contributed by atoms with van der Waals surface area (Å²) in [6.45, 7) is 5.37. The number of amides is 3. The summed E-state index contributed by atoms with van der Waals surface area (Å²) in [5, 5.41) is 11.1. The van der Waals surface area contributed by atoms with Crippen LogP contribution in [0.3, 0.4) is 0 Å². The van der Waals surface area contributed by atoms with Crippen LogP contribution < -0.4 is 5.32 Å². The molecule has 0 aromatic heterocycles. The van der Waals surface area contributed by atoms with E-state index >= 15 is 0 Å². The zero-order chi connectivity index (χ0) is 11.6. The van der Waals surface area contributed by atoms with Crippen molar-refractivity contribution in [2.75, 3.05) is 6.54 Å². The van der Waals surface area contributed by atoms with Gasteiger partial charge in [-0.25, -0.2) is 14.7 Å². The van der Waals surface area contributed by atoms with Crippen LogP contribution in [-0.4, -0.2) is 34.8 Å². The molecule has 1 aliphatic rings. The van der Waals surface area contributed by atoms with E-state index in [1.165, 1.54) is 0 Å². The predicted octanol–water partition coefficient (Wildman–Crippen LogP) is 0.259. The molecule has 0 spiro atoms. The minimum absolute atomic E-state index is 0.230. The highest BCUT2D eigenvalue weighted by Crippen LogP contribution is 2.23. The molecule has 0 aromatic carbocycles. The van der Waals surface area contributed by atoms with Gasteiger partial charge in [0.1, 0.15) is 11.7 Å². The fourth-order valence-corrected chi connectivity index (χ4v) is 1.37. The highest BCUT2D eigenvalue weighted by molar-refractivity contribution is 6.48. The van der Waals surface area contributed by atoms with Crippen LogP contribution in [0.25, 0.3) is 0 Å². The van der Waals surface area contributed by atoms with E-state index in [-0.39, 0.29) is 5.71 Å². The largest absolute Gasteiger partial charge is 0.338 e. The Morgan fingerprint density at radius 2 is 2.27 bits per heavy atom. The van der Waals surface area contributed by atoms with Crippen molar-refractivity contribution >= 4 is 17.6 Å². The summed E-state index contributed by atoms with van der Waals surface area (Å²) in [7, 11) is 0. The van der Waals surface area contributed by atoms with Gasteiger partial charge in [0.05, 0.1) is 0 Å². The molecule has 15 heavy (non-hydrogen) atoms. The molecule has 3 amide bonds. The number of imide groups is 1. The number of rotatable bonds is 1. The molecule has 0 aliphatic carbocycles. The van der Waals surface area contributed by atoms with Gasteiger partial charge >= 0.3 is 6.03 Å². The summed E-state index contributed by atoms with van der Waals surface area (Å²) in [5.74, 6) is -0.645. The van der Waals surface area contributed by atoms with Gasteiger partial charge in [-0.05, 0) is 20.8 Å². The third kappa shape index (κ3) is 1.81. The Labute approximate surface area is 87.6 Å². The van der Waals surface area contributed by atoms with E-state index in [1.807, 2.05) is 0 Å². The van der Waals surface area contributed by atoms with E-state index in [9.17, 15) is 9.59 Å². The van der Waals surface area contributed by atoms with Gasteiger partial charge in [-0.3, -0.25) is 4.79 Å². The highest BCUT2D eigenvalue weighted by Gasteiger charge is 2.44. The highest BCUT2D eigenvalue weighted by atomic mass is 16.2. The number of urea groups is 1. The fourth-order valence-electron chi connectivity index (χ4n) is 1.37. The number of hydrogen-bond acceptors (Lipinski definition) is 4. The Balaban J connectivity index is 3.00. The molecule has 0 unspecified atom stereocenters. The van der Waals surface area contributed by atoms with Gasteiger partial charge in [-0.1, -0.05) is 0 Å². The lowest BCUT2D eigenvalue weighted by Crippen LogP contribution is -2.51. The Bertz CT molecular complexity index is 378. The lowest BCUT2D eigenvalue weighted by atomic mass is 10.2. The molecule has 1 N–H and O–H groups in total. The van der Waals surface area contributed by atoms with E-state index < -0.39 is 17.6 Å². The molecule has 1 rings (SSSR count). The number of nitrogens with zero attached hydrogens (tertiary/aromatic N) is 3. The zero-order valence-electron chi connectivity index (χ0n) is 8.87. The fraction of sp³-hybridized carbons (Fsp3) is 0.556. The van der Waals surface area contributed by atoms with Crippen LogP contribution in [-0.2, 0) is 4.79 Å². The van der Waals surface area contributed by atoms with Crippen LogP contribution >= 0.6 is 0 Å². The van der Waals surface area contributed by atoms with Crippen LogP contribution in [0.5, 0.6) is 0 Å². The van der Waals surface area contributed by atoms with E-state index in [0.29, 0.717) is 6.54 Å². The minimum Gasteiger partial charge on any atom is -0.338 e. The molecular formula is C9H12N4O2. The van der Waals surface area contributed by atoms with Crippen molar-refractivity contribution in [3.63, 3.8) is 0 Å². The zero-order valence-corrected chi connectivity index (χ0v) is 8.87. The van der Waals surface area contributed by atoms with E-state index in [1.54, 1.807) is 26.8 Å². The van der Waals surface area contributed by atoms with Crippen LogP contribution in [0.4, 0.5) is 4.79 Å². The first-order chi connectivity index (χ1) is 6.94. The van der Waals surface area contributed by atoms with Crippen molar-refractivity contribution < 1.29 is 9.59 Å². The molecule has 0 fully saturated rings. The van der Waals surface area contributed by atoms with Crippen molar-refractivity contribution in [1.82, 2.24) is 10.2 Å². The third-order valence-electron chi connectivity index (χ3n) is 1.98. The summed E-state index contributed by atoms with van der Waals surface area (Å²) >= 11 is 0. The van der Waals surface area contributed by atoms with Gasteiger partial charge in [-0.15, -0.1) is 0 Å². The quantitative estimate of drug-likeness (QED) is 0.670. The van der Waals surface area contributed by atoms with Crippen molar-refractivity contribution in [3.05, 3.63) is 0 Å². The average molecular weight is 208 g/mol. The standard InChI is InChI=1S/C9H12N4O2/c1-4-11-8(15)13-7(14)6(5-10)12-9(13,2)3/h4H2,1-3H3,(H,11,15). The van der Waals surface area contributed by atoms with Crippen molar-refractivity contribution in [3.8, 4) is 6.07 Å². The molecule has 1 aliphatic heterocycles. The smallest absolute Gasteiger partial charge is 0.326 e. The Kier molecular flexibility index (Phi) is 2.75. The van der Waals surface area contributed by atoms with E-state index in [2.05, 4.69) is 10.3 Å². The number of nitrogens with one attached hydrogen (secondary N) is 1. The molecule has 0 radical (unpaired) electrons. The summed E-state index contributed by atoms with van der Waals surface area (Å²) < 4.78 is 0. The second-order valence-electron chi connectivity index (χ2n) is 3.54. The second kappa shape index (κ2) is 3.69. The van der Waals surface area contributed by atoms with Crippen molar-refractivity contribution in [2.45, 2.75) is 26.4 Å². The molecule has 0 aromatic rings. The molecule has 0 bridgehead atoms. The lowest BCUT2D eigenvalue weighted by molar-refractivity contribution is -0.123. The van der Waals surface area contributed by atoms with Gasteiger partial charge in [-0.2, -0.15) is 5.26 Å². The predicted molar refractivity (Wildman–Crippen MR) is 53.0 cm³/mol. The second-order valence-corrected chi connectivity index (χ2v) is 3.54. The van der Waals surface area contributed by atoms with Crippen molar-refractivity contribution in [1.29, 1.82) is 5.26 Å². The first-order valence-electron chi connectivity index (χ1n) is 4.56. The number of nitriles is 1. The van der Waals surface area contributed by atoms with Gasteiger partial charge in [0.25, 0.3) is 5.91 Å². The topological polar surface area (TPSA) is 85.6 Å². The summed E-state index contributed by atoms with van der Waals surface area (Å²) in [4.78, 5) is 28.0. The Morgan fingerprint density at radius 3 is 2.67 bits per heavy atom. The average Bonchev–Trinajstić information content (AvgIpc) is 2.36. The normalized spacial score (nSPS) is 18.4. The van der Waals surface area contributed by atoms with Gasteiger partial charge < -0.3 is 5.32 Å². The number of aliphatic imine (C=N–C) groups is 1. The van der Waals surface area contributed by atoms with Crippen LogP contribution in [0.1, 0.15) is 20.8 Å². The molecule has 0 saturated carbocycles. The van der Waals surface area contributed by atoms with Gasteiger partial charge in [0, 0.05) is 6.54 Å². The maximum atomic E-state index is 11.6. The number of hydrogen-bond donors (Lipinski definition) is 1. The molecule has 1 heterocycles.